The van der Waals surface area contributed by atoms with Crippen molar-refractivity contribution in [3.05, 3.63) is 40.3 Å². The van der Waals surface area contributed by atoms with Crippen molar-refractivity contribution in [3.63, 3.8) is 0 Å². The molecule has 0 bridgehead atoms. The fraction of sp³-hybridized carbons (Fsp3) is 0.167. The minimum atomic E-state index is 0.108. The second kappa shape index (κ2) is 4.39. The molecular weight excluding hydrogens is 311 g/mol. The average molecular weight is 321 g/mol. The van der Waals surface area contributed by atoms with Gasteiger partial charge in [-0.1, -0.05) is 0 Å². The molecule has 2 aromatic heterocycles. The van der Waals surface area contributed by atoms with Crippen LogP contribution in [0, 0.1) is 18.5 Å². The van der Waals surface area contributed by atoms with Gasteiger partial charge < -0.3 is 0 Å². The summed E-state index contributed by atoms with van der Waals surface area (Å²) in [4.78, 5) is 4.47. The van der Waals surface area contributed by atoms with Crippen molar-refractivity contribution in [2.24, 2.45) is 0 Å². The Kier molecular flexibility index (Phi) is 2.86. The van der Waals surface area contributed by atoms with Crippen LogP contribution in [0.5, 0.6) is 0 Å². The van der Waals surface area contributed by atoms with Gasteiger partial charge in [0, 0.05) is 0 Å². The van der Waals surface area contributed by atoms with Crippen molar-refractivity contribution in [3.8, 4) is 5.95 Å². The van der Waals surface area contributed by atoms with Crippen molar-refractivity contribution in [1.29, 1.82) is 0 Å². The molecule has 0 aliphatic carbocycles. The van der Waals surface area contributed by atoms with Gasteiger partial charge in [0.15, 0.2) is 0 Å². The van der Waals surface area contributed by atoms with Crippen molar-refractivity contribution in [2.45, 2.75) is 13.8 Å². The summed E-state index contributed by atoms with van der Waals surface area (Å²) in [6, 6.07) is 8.19. The molecule has 0 aliphatic rings. The monoisotopic (exact) mass is 322 g/mol. The Labute approximate surface area is 115 Å². The van der Waals surface area contributed by atoms with E-state index in [9.17, 15) is 0 Å². The van der Waals surface area contributed by atoms with E-state index in [0.717, 1.165) is 21.4 Å². The summed E-state index contributed by atoms with van der Waals surface area (Å²) < 4.78 is 4.07. The van der Waals surface area contributed by atoms with Gasteiger partial charge in [-0.25, -0.2) is 0 Å². The topological polar surface area (TPSA) is 43.6 Å². The molecule has 0 aliphatic heterocycles. The molecule has 0 saturated heterocycles. The fourth-order valence-electron chi connectivity index (χ4n) is 1.64. The Bertz CT molecular complexity index is 790. The third kappa shape index (κ3) is 1.82. The van der Waals surface area contributed by atoms with Crippen LogP contribution in [0.1, 0.15) is 11.4 Å². The predicted octanol–water partition coefficient (Wildman–Crippen LogP) is 2.22. The number of benzene rings is 1. The summed E-state index contributed by atoms with van der Waals surface area (Å²) >= 11 is 5.60. The Hall–Kier alpha value is -1.36. The molecule has 90 valence electrons. The number of hydrogen-bond acceptors (Lipinski definition) is 4. The van der Waals surface area contributed by atoms with E-state index in [2.05, 4.69) is 21.2 Å². The van der Waals surface area contributed by atoms with Gasteiger partial charge in [-0.15, -0.1) is 0 Å². The molecule has 2 heterocycles. The quantitative estimate of drug-likeness (QED) is 0.509. The van der Waals surface area contributed by atoms with E-state index < -0.39 is 0 Å². The van der Waals surface area contributed by atoms with Crippen LogP contribution < -0.4 is 0 Å². The fourth-order valence-corrected chi connectivity index (χ4v) is 4.21. The number of aromatic nitrogens is 4. The van der Waals surface area contributed by atoms with Crippen LogP contribution in [-0.2, 0) is 0 Å². The van der Waals surface area contributed by atoms with E-state index >= 15 is 0 Å². The molecule has 0 fully saturated rings. The third-order valence-corrected chi connectivity index (χ3v) is 5.69. The van der Waals surface area contributed by atoms with E-state index in [-0.39, 0.29) is 14.7 Å². The Morgan fingerprint density at radius 2 is 1.89 bits per heavy atom. The second-order valence-electron chi connectivity index (χ2n) is 3.97. The van der Waals surface area contributed by atoms with E-state index in [0.29, 0.717) is 5.95 Å². The van der Waals surface area contributed by atoms with Crippen LogP contribution in [0.3, 0.4) is 0 Å². The van der Waals surface area contributed by atoms with Gasteiger partial charge in [0.05, 0.1) is 0 Å². The predicted molar refractivity (Wildman–Crippen MR) is 73.9 cm³/mol. The zero-order valence-electron chi connectivity index (χ0n) is 9.91. The van der Waals surface area contributed by atoms with Gasteiger partial charge in [-0.2, -0.15) is 0 Å². The van der Waals surface area contributed by atoms with E-state index in [4.69, 9.17) is 12.2 Å². The maximum atomic E-state index is 5.49. The Balaban J connectivity index is 2.28. The zero-order valence-corrected chi connectivity index (χ0v) is 12.4. The molecule has 18 heavy (non-hydrogen) atoms. The van der Waals surface area contributed by atoms with Crippen LogP contribution in [0.2, 0.25) is 0 Å². The van der Waals surface area contributed by atoms with Crippen LogP contribution in [0.15, 0.2) is 24.3 Å². The van der Waals surface area contributed by atoms with E-state index in [1.54, 1.807) is 0 Å². The summed E-state index contributed by atoms with van der Waals surface area (Å²) in [6.45, 7) is 3.84. The SMILES string of the molecule is Cc1nnc(-n2[se]c3ccccc3c2=S)nc1C. The molecule has 4 nitrogen and oxygen atoms in total. The molecule has 0 unspecified atom stereocenters. The van der Waals surface area contributed by atoms with Crippen molar-refractivity contribution < 1.29 is 0 Å². The first-order valence-electron chi connectivity index (χ1n) is 5.46. The first-order valence-corrected chi connectivity index (χ1v) is 7.49. The van der Waals surface area contributed by atoms with Crippen LogP contribution >= 0.6 is 12.2 Å². The molecule has 0 atom stereocenters. The standard InChI is InChI=1S/C12H10N4SSe/c1-7-8(2)14-15-12(13-7)16-11(17)9-5-3-4-6-10(9)18-16/h3-6H,1-2H3. The van der Waals surface area contributed by atoms with Gasteiger partial charge in [0.25, 0.3) is 0 Å². The maximum absolute atomic E-state index is 5.49. The number of hydrogen-bond donors (Lipinski definition) is 0. The molecule has 0 N–H and O–H groups in total. The second-order valence-corrected chi connectivity index (χ2v) is 6.43. The molecule has 0 amide bonds. The van der Waals surface area contributed by atoms with Gasteiger partial charge in [0.1, 0.15) is 0 Å². The van der Waals surface area contributed by atoms with Crippen molar-refractivity contribution in [2.75, 3.05) is 0 Å². The summed E-state index contributed by atoms with van der Waals surface area (Å²) in [5.41, 5.74) is 1.75. The Morgan fingerprint density at radius 1 is 1.11 bits per heavy atom. The number of aryl methyl sites for hydroxylation is 2. The molecule has 1 aromatic carbocycles. The van der Waals surface area contributed by atoms with Crippen molar-refractivity contribution in [1.82, 2.24) is 18.7 Å². The molecule has 0 spiro atoms. The number of fused-ring (bicyclic) bond motifs is 1. The van der Waals surface area contributed by atoms with Gasteiger partial charge in [-0.05, 0) is 0 Å². The summed E-state index contributed by atoms with van der Waals surface area (Å²) in [5, 5.41) is 9.38. The van der Waals surface area contributed by atoms with Gasteiger partial charge in [0.2, 0.25) is 0 Å². The summed E-state index contributed by atoms with van der Waals surface area (Å²) in [5.74, 6) is 0.610. The molecular formula is C12H10N4SSe. The van der Waals surface area contributed by atoms with E-state index in [1.807, 2.05) is 35.6 Å². The average Bonchev–Trinajstić information content (AvgIpc) is 2.71. The first kappa shape index (κ1) is 11.7. The molecule has 3 rings (SSSR count). The van der Waals surface area contributed by atoms with E-state index in [1.165, 1.54) is 4.26 Å². The van der Waals surface area contributed by atoms with Crippen LogP contribution in [-0.4, -0.2) is 33.5 Å². The van der Waals surface area contributed by atoms with Crippen LogP contribution in [0.25, 0.3) is 15.6 Å². The molecule has 0 saturated carbocycles. The van der Waals surface area contributed by atoms with Gasteiger partial charge >= 0.3 is 115 Å². The van der Waals surface area contributed by atoms with Gasteiger partial charge in [-0.3, -0.25) is 0 Å². The minimum absolute atomic E-state index is 0.108. The zero-order chi connectivity index (χ0) is 12.7. The first-order chi connectivity index (χ1) is 8.66. The Morgan fingerprint density at radius 3 is 2.61 bits per heavy atom. The van der Waals surface area contributed by atoms with Crippen molar-refractivity contribution >= 4 is 36.6 Å². The molecule has 3 aromatic rings. The summed E-state index contributed by atoms with van der Waals surface area (Å²) in [6.07, 6.45) is 0. The third-order valence-electron chi connectivity index (χ3n) is 2.75. The molecule has 0 radical (unpaired) electrons. The number of nitrogens with zero attached hydrogens (tertiary/aromatic N) is 4. The van der Waals surface area contributed by atoms with Crippen LogP contribution in [0.4, 0.5) is 0 Å². The number of rotatable bonds is 1. The summed E-state index contributed by atoms with van der Waals surface area (Å²) in [7, 11) is 0. The normalized spacial score (nSPS) is 11.0. The molecule has 6 heteroatoms.